The molecule has 0 aromatic carbocycles. The molecule has 0 saturated heterocycles. The molecule has 0 aromatic heterocycles. The van der Waals surface area contributed by atoms with Crippen molar-refractivity contribution in [2.24, 2.45) is 0 Å². The van der Waals surface area contributed by atoms with Crippen molar-refractivity contribution in [1.29, 1.82) is 0 Å². The first-order chi connectivity index (χ1) is 9.81. The van der Waals surface area contributed by atoms with Crippen LogP contribution in [0, 0.1) is 0 Å². The van der Waals surface area contributed by atoms with Crippen LogP contribution in [0.1, 0.15) is 19.3 Å². The second-order valence-corrected chi connectivity index (χ2v) is 3.91. The van der Waals surface area contributed by atoms with Crippen molar-refractivity contribution in [3.8, 4) is 0 Å². The van der Waals surface area contributed by atoms with Gasteiger partial charge in [-0.2, -0.15) is 0 Å². The van der Waals surface area contributed by atoms with Gasteiger partial charge in [0.25, 0.3) is 0 Å². The molecule has 0 rings (SSSR count). The first kappa shape index (κ1) is 30.4. The van der Waals surface area contributed by atoms with Crippen LogP contribution in [0.3, 0.4) is 0 Å². The van der Waals surface area contributed by atoms with Gasteiger partial charge in [-0.15, -0.1) is 0 Å². The Bertz CT molecular complexity index is 444. The van der Waals surface area contributed by atoms with E-state index >= 15 is 0 Å². The van der Waals surface area contributed by atoms with Crippen molar-refractivity contribution in [3.05, 3.63) is 0 Å². The van der Waals surface area contributed by atoms with Gasteiger partial charge >= 0.3 is 61.6 Å². The number of hydrogen-bond donors (Lipinski definition) is 6. The SMILES string of the molecule is O=C(O)CC(O)(CC(=O)O)C(=O)O.O=C(O)CC(O)C(=O)[O-].[Ca+2].[OH-]. The fourth-order valence-electron chi connectivity index (χ4n) is 0.963. The number of aliphatic carboxylic acids is 5. The fourth-order valence-corrected chi connectivity index (χ4v) is 0.963. The minimum absolute atomic E-state index is 0. The largest absolute Gasteiger partial charge is 2.00 e. The fraction of sp³-hybridized carbons (Fsp3) is 0.500. The van der Waals surface area contributed by atoms with Gasteiger partial charge < -0.3 is 46.0 Å². The second kappa shape index (κ2) is 13.9. The van der Waals surface area contributed by atoms with E-state index in [9.17, 15) is 29.1 Å². The van der Waals surface area contributed by atoms with Crippen LogP contribution < -0.4 is 5.11 Å². The Morgan fingerprint density at radius 2 is 1.21 bits per heavy atom. The van der Waals surface area contributed by atoms with Crippen molar-refractivity contribution >= 4 is 67.6 Å². The number of carboxylic acids is 5. The van der Waals surface area contributed by atoms with Gasteiger partial charge in [0.05, 0.1) is 25.2 Å². The molecule has 0 spiro atoms. The van der Waals surface area contributed by atoms with Crippen LogP contribution in [-0.4, -0.2) is 115 Å². The van der Waals surface area contributed by atoms with Crippen molar-refractivity contribution in [1.82, 2.24) is 0 Å². The molecule has 14 heteroatoms. The van der Waals surface area contributed by atoms with Crippen LogP contribution in [0.15, 0.2) is 0 Å². The minimum Gasteiger partial charge on any atom is -0.870 e. The van der Waals surface area contributed by atoms with Gasteiger partial charge in [-0.3, -0.25) is 14.4 Å². The molecule has 0 aliphatic heterocycles. The Balaban J connectivity index is -0.000000162. The Morgan fingerprint density at radius 3 is 1.33 bits per heavy atom. The zero-order valence-electron chi connectivity index (χ0n) is 12.0. The maximum atomic E-state index is 10.3. The van der Waals surface area contributed by atoms with Crippen LogP contribution in [0.25, 0.3) is 0 Å². The van der Waals surface area contributed by atoms with Crippen LogP contribution in [0.4, 0.5) is 0 Å². The molecule has 0 aromatic rings. The van der Waals surface area contributed by atoms with Gasteiger partial charge in [0, 0.05) is 0 Å². The van der Waals surface area contributed by atoms with Crippen molar-refractivity contribution in [2.45, 2.75) is 31.0 Å². The van der Waals surface area contributed by atoms with E-state index in [1.165, 1.54) is 0 Å². The topological polar surface area (TPSA) is 260 Å². The Labute approximate surface area is 163 Å². The number of carboxylic acid groups (broad SMARTS) is 5. The van der Waals surface area contributed by atoms with Gasteiger partial charge in [0.15, 0.2) is 5.60 Å². The molecule has 0 fully saturated rings. The molecule has 134 valence electrons. The quantitative estimate of drug-likeness (QED) is 0.217. The summed E-state index contributed by atoms with van der Waals surface area (Å²) < 4.78 is 0. The zero-order chi connectivity index (χ0) is 18.1. The summed E-state index contributed by atoms with van der Waals surface area (Å²) in [5.41, 5.74) is -2.74. The van der Waals surface area contributed by atoms with Crippen molar-refractivity contribution in [2.75, 3.05) is 0 Å². The number of rotatable bonds is 8. The third-order valence-corrected chi connectivity index (χ3v) is 1.93. The maximum Gasteiger partial charge on any atom is 2.00 e. The molecule has 1 unspecified atom stereocenters. The van der Waals surface area contributed by atoms with Gasteiger partial charge in [-0.05, 0) is 0 Å². The summed E-state index contributed by atoms with van der Waals surface area (Å²) in [6, 6.07) is 0. The van der Waals surface area contributed by atoms with E-state index < -0.39 is 60.8 Å². The molecule has 0 saturated carbocycles. The third kappa shape index (κ3) is 15.4. The van der Waals surface area contributed by atoms with Crippen molar-refractivity contribution < 1.29 is 65.2 Å². The van der Waals surface area contributed by atoms with E-state index in [0.29, 0.717) is 0 Å². The molecular formula is C10H14CaO13. The number of aliphatic hydroxyl groups excluding tert-OH is 1. The summed E-state index contributed by atoms with van der Waals surface area (Å²) >= 11 is 0. The predicted octanol–water partition coefficient (Wildman–Crippen LogP) is -4.23. The molecular weight excluding hydrogens is 368 g/mol. The standard InChI is InChI=1S/C6H8O7.C4H6O5.Ca.H2O/c7-3(8)1-6(13,5(11)12)2-4(9)10;5-2(4(8)9)1-3(6)7;;/h13H,1-2H2,(H,7,8)(H,9,10)(H,11,12);2,5H,1H2,(H,6,7)(H,8,9);;1H2/q;;+2;/p-2. The number of carbonyl (C=O) groups excluding carboxylic acids is 1. The van der Waals surface area contributed by atoms with Gasteiger partial charge in [-0.1, -0.05) is 0 Å². The van der Waals surface area contributed by atoms with E-state index in [4.69, 9.17) is 30.6 Å². The number of aliphatic hydroxyl groups is 2. The first-order valence-electron chi connectivity index (χ1n) is 5.32. The summed E-state index contributed by atoms with van der Waals surface area (Å²) in [5, 5.41) is 59.6. The average Bonchev–Trinajstić information content (AvgIpc) is 2.25. The summed E-state index contributed by atoms with van der Waals surface area (Å²) in [5.74, 6) is -8.15. The Hall–Kier alpha value is -1.51. The monoisotopic (exact) mass is 382 g/mol. The molecule has 0 amide bonds. The smallest absolute Gasteiger partial charge is 0.870 e. The number of hydrogen-bond acceptors (Lipinski definition) is 9. The summed E-state index contributed by atoms with van der Waals surface area (Å²) in [7, 11) is 0. The molecule has 0 bridgehead atoms. The van der Waals surface area contributed by atoms with Gasteiger partial charge in [-0.25, -0.2) is 4.79 Å². The minimum atomic E-state index is -2.74. The Kier molecular flexibility index (Phi) is 17.6. The predicted molar refractivity (Wildman–Crippen MR) is 68.0 cm³/mol. The second-order valence-electron chi connectivity index (χ2n) is 3.91. The third-order valence-electron chi connectivity index (χ3n) is 1.93. The molecule has 13 nitrogen and oxygen atoms in total. The van der Waals surface area contributed by atoms with E-state index in [1.807, 2.05) is 0 Å². The molecule has 0 heterocycles. The van der Waals surface area contributed by atoms with Gasteiger partial charge in [0.1, 0.15) is 6.10 Å². The first-order valence-corrected chi connectivity index (χ1v) is 5.32. The summed E-state index contributed by atoms with van der Waals surface area (Å²) in [4.78, 5) is 49.8. The average molecular weight is 382 g/mol. The molecule has 0 aliphatic carbocycles. The van der Waals surface area contributed by atoms with Crippen LogP contribution >= 0.6 is 0 Å². The van der Waals surface area contributed by atoms with E-state index in [-0.39, 0.29) is 43.2 Å². The zero-order valence-corrected chi connectivity index (χ0v) is 14.2. The Morgan fingerprint density at radius 1 is 0.875 bits per heavy atom. The van der Waals surface area contributed by atoms with Crippen LogP contribution in [0.2, 0.25) is 0 Å². The summed E-state index contributed by atoms with van der Waals surface area (Å²) in [6.45, 7) is 0. The number of carbonyl (C=O) groups is 5. The van der Waals surface area contributed by atoms with E-state index in [0.717, 1.165) is 0 Å². The molecule has 1 atom stereocenters. The normalized spacial score (nSPS) is 10.6. The molecule has 0 aliphatic rings. The van der Waals surface area contributed by atoms with Crippen LogP contribution in [0.5, 0.6) is 0 Å². The van der Waals surface area contributed by atoms with Gasteiger partial charge in [0.2, 0.25) is 0 Å². The summed E-state index contributed by atoms with van der Waals surface area (Å²) in [6.07, 6.45) is -5.01. The maximum absolute atomic E-state index is 10.3. The molecule has 0 radical (unpaired) electrons. The van der Waals surface area contributed by atoms with E-state index in [1.54, 1.807) is 0 Å². The van der Waals surface area contributed by atoms with Crippen molar-refractivity contribution in [3.63, 3.8) is 0 Å². The molecule has 24 heavy (non-hydrogen) atoms. The van der Waals surface area contributed by atoms with Crippen LogP contribution in [-0.2, 0) is 24.0 Å². The molecule has 7 N–H and O–H groups in total. The van der Waals surface area contributed by atoms with E-state index in [2.05, 4.69) is 0 Å².